The van der Waals surface area contributed by atoms with Gasteiger partial charge in [0.2, 0.25) is 0 Å². The van der Waals surface area contributed by atoms with Crippen molar-refractivity contribution < 1.29 is 23.8 Å². The standard InChI is InChI=1S/C34H40N2O5/c1-34(2,3)41-32(37)17-18-39-28-15-13-24(14-16-28)21-36-22-26-19-29(20-27(26)23-36)40-33(38)35-31-12-8-7-11-30(31)25-9-5-4-6-10-25/h4-16,26-27,29H,17-23H2,1-3H3,(H,35,38). The predicted molar refractivity (Wildman–Crippen MR) is 160 cm³/mol. The summed E-state index contributed by atoms with van der Waals surface area (Å²) >= 11 is 0. The number of likely N-dealkylation sites (tertiary alicyclic amines) is 1. The number of nitrogens with zero attached hydrogens (tertiary/aromatic N) is 1. The van der Waals surface area contributed by atoms with Gasteiger partial charge >= 0.3 is 12.1 Å². The van der Waals surface area contributed by atoms with E-state index in [1.807, 2.05) is 87.5 Å². The maximum Gasteiger partial charge on any atom is 0.411 e. The Kier molecular flexibility index (Phi) is 8.93. The molecule has 2 unspecified atom stereocenters. The fourth-order valence-corrected chi connectivity index (χ4v) is 5.91. The maximum atomic E-state index is 12.8. The molecule has 1 N–H and O–H groups in total. The van der Waals surface area contributed by atoms with Crippen molar-refractivity contribution in [2.45, 2.75) is 58.3 Å². The molecule has 0 aromatic heterocycles. The first-order valence-electron chi connectivity index (χ1n) is 14.5. The average Bonchev–Trinajstić information content (AvgIpc) is 3.47. The molecule has 7 heteroatoms. The Bertz CT molecular complexity index is 1300. The second-order valence-corrected chi connectivity index (χ2v) is 12.1. The number of carbonyl (C=O) groups is 2. The number of anilines is 1. The van der Waals surface area contributed by atoms with Crippen LogP contribution in [0.5, 0.6) is 5.75 Å². The zero-order chi connectivity index (χ0) is 28.8. The lowest BCUT2D eigenvalue weighted by Gasteiger charge is -2.20. The van der Waals surface area contributed by atoms with Gasteiger partial charge in [0, 0.05) is 25.2 Å². The quantitative estimate of drug-likeness (QED) is 0.288. The Morgan fingerprint density at radius 3 is 2.22 bits per heavy atom. The minimum atomic E-state index is -0.481. The molecule has 2 fully saturated rings. The third kappa shape index (κ3) is 8.10. The van der Waals surface area contributed by atoms with Gasteiger partial charge in [-0.2, -0.15) is 0 Å². The number of para-hydroxylation sites is 1. The van der Waals surface area contributed by atoms with E-state index in [0.29, 0.717) is 18.4 Å². The molecule has 1 heterocycles. The van der Waals surface area contributed by atoms with Crippen LogP contribution in [0.3, 0.4) is 0 Å². The van der Waals surface area contributed by atoms with Gasteiger partial charge in [0.25, 0.3) is 0 Å². The first kappa shape index (κ1) is 28.7. The first-order valence-corrected chi connectivity index (χ1v) is 14.5. The second kappa shape index (κ2) is 12.8. The highest BCUT2D eigenvalue weighted by Gasteiger charge is 2.42. The van der Waals surface area contributed by atoms with E-state index < -0.39 is 5.60 Å². The van der Waals surface area contributed by atoms with Crippen LogP contribution in [0.2, 0.25) is 0 Å². The van der Waals surface area contributed by atoms with Gasteiger partial charge in [-0.25, -0.2) is 4.79 Å². The van der Waals surface area contributed by atoms with Gasteiger partial charge in [-0.3, -0.25) is 15.0 Å². The van der Waals surface area contributed by atoms with Gasteiger partial charge in [0.1, 0.15) is 17.5 Å². The molecule has 1 saturated carbocycles. The molecule has 41 heavy (non-hydrogen) atoms. The van der Waals surface area contributed by atoms with Crippen molar-refractivity contribution in [1.29, 1.82) is 0 Å². The summed E-state index contributed by atoms with van der Waals surface area (Å²) in [7, 11) is 0. The molecule has 1 aliphatic carbocycles. The minimum Gasteiger partial charge on any atom is -0.493 e. The minimum absolute atomic E-state index is 0.0480. The van der Waals surface area contributed by atoms with E-state index in [-0.39, 0.29) is 24.6 Å². The number of benzene rings is 3. The van der Waals surface area contributed by atoms with Crippen LogP contribution in [-0.4, -0.2) is 48.4 Å². The average molecular weight is 557 g/mol. The Balaban J connectivity index is 1.04. The van der Waals surface area contributed by atoms with Crippen LogP contribution in [0.4, 0.5) is 10.5 Å². The van der Waals surface area contributed by atoms with Crippen LogP contribution >= 0.6 is 0 Å². The van der Waals surface area contributed by atoms with E-state index in [0.717, 1.165) is 55.0 Å². The molecule has 0 spiro atoms. The van der Waals surface area contributed by atoms with Crippen LogP contribution in [0.1, 0.15) is 45.6 Å². The summed E-state index contributed by atoms with van der Waals surface area (Å²) in [5.41, 5.74) is 3.54. The van der Waals surface area contributed by atoms with E-state index in [2.05, 4.69) is 22.3 Å². The van der Waals surface area contributed by atoms with Gasteiger partial charge in [-0.15, -0.1) is 0 Å². The molecule has 1 saturated heterocycles. The number of carbonyl (C=O) groups excluding carboxylic acids is 2. The normalized spacial score (nSPS) is 20.3. The maximum absolute atomic E-state index is 12.8. The number of nitrogens with one attached hydrogen (secondary N) is 1. The second-order valence-electron chi connectivity index (χ2n) is 12.1. The molecule has 216 valence electrons. The third-order valence-corrected chi connectivity index (χ3v) is 7.63. The molecule has 3 aromatic carbocycles. The van der Waals surface area contributed by atoms with Gasteiger partial charge in [-0.1, -0.05) is 60.7 Å². The van der Waals surface area contributed by atoms with Gasteiger partial charge < -0.3 is 14.2 Å². The molecule has 1 amide bonds. The smallest absolute Gasteiger partial charge is 0.411 e. The Morgan fingerprint density at radius 2 is 1.54 bits per heavy atom. The van der Waals surface area contributed by atoms with Crippen molar-refractivity contribution in [2.24, 2.45) is 11.8 Å². The third-order valence-electron chi connectivity index (χ3n) is 7.63. The number of fused-ring (bicyclic) bond motifs is 1. The predicted octanol–water partition coefficient (Wildman–Crippen LogP) is 6.92. The SMILES string of the molecule is CC(C)(C)OC(=O)CCOc1ccc(CN2CC3CC(OC(=O)Nc4ccccc4-c4ccccc4)CC3C2)cc1. The van der Waals surface area contributed by atoms with Crippen molar-refractivity contribution in [3.05, 3.63) is 84.4 Å². The van der Waals surface area contributed by atoms with Crippen molar-refractivity contribution in [2.75, 3.05) is 25.0 Å². The largest absolute Gasteiger partial charge is 0.493 e. The van der Waals surface area contributed by atoms with Crippen LogP contribution < -0.4 is 10.1 Å². The number of hydrogen-bond donors (Lipinski definition) is 1. The van der Waals surface area contributed by atoms with Crippen molar-refractivity contribution in [3.8, 4) is 16.9 Å². The Morgan fingerprint density at radius 1 is 0.878 bits per heavy atom. The number of esters is 1. The van der Waals surface area contributed by atoms with Crippen LogP contribution in [0.15, 0.2) is 78.9 Å². The van der Waals surface area contributed by atoms with E-state index in [4.69, 9.17) is 14.2 Å². The topological polar surface area (TPSA) is 77.1 Å². The molecular formula is C34H40N2O5. The Hall–Kier alpha value is -3.84. The molecule has 7 nitrogen and oxygen atoms in total. The lowest BCUT2D eigenvalue weighted by Crippen LogP contribution is -2.25. The van der Waals surface area contributed by atoms with Crippen molar-refractivity contribution in [3.63, 3.8) is 0 Å². The molecule has 0 radical (unpaired) electrons. The number of ether oxygens (including phenoxy) is 3. The molecular weight excluding hydrogens is 516 g/mol. The molecule has 3 aromatic rings. The van der Waals surface area contributed by atoms with Gasteiger partial charge in [-0.05, 0) is 74.8 Å². The number of rotatable bonds is 9. The fraction of sp³-hybridized carbons (Fsp3) is 0.412. The zero-order valence-corrected chi connectivity index (χ0v) is 24.2. The monoisotopic (exact) mass is 556 g/mol. The van der Waals surface area contributed by atoms with Crippen LogP contribution in [-0.2, 0) is 20.8 Å². The molecule has 5 rings (SSSR count). The molecule has 2 aliphatic rings. The molecule has 2 atom stereocenters. The lowest BCUT2D eigenvalue weighted by molar-refractivity contribution is -0.155. The summed E-state index contributed by atoms with van der Waals surface area (Å²) < 4.78 is 16.9. The zero-order valence-electron chi connectivity index (χ0n) is 24.2. The van der Waals surface area contributed by atoms with Gasteiger partial charge in [0.05, 0.1) is 18.7 Å². The summed E-state index contributed by atoms with van der Waals surface area (Å²) in [5, 5.41) is 2.97. The summed E-state index contributed by atoms with van der Waals surface area (Å²) in [6.07, 6.45) is 1.60. The molecule has 1 aliphatic heterocycles. The summed E-state index contributed by atoms with van der Waals surface area (Å²) in [6.45, 7) is 8.78. The number of hydrogen-bond acceptors (Lipinski definition) is 6. The Labute approximate surface area is 242 Å². The molecule has 0 bridgehead atoms. The highest BCUT2D eigenvalue weighted by Crippen LogP contribution is 2.40. The number of amides is 1. The van der Waals surface area contributed by atoms with Crippen LogP contribution in [0.25, 0.3) is 11.1 Å². The van der Waals surface area contributed by atoms with E-state index in [1.165, 1.54) is 5.56 Å². The van der Waals surface area contributed by atoms with Crippen molar-refractivity contribution in [1.82, 2.24) is 4.90 Å². The highest BCUT2D eigenvalue weighted by molar-refractivity contribution is 5.91. The first-order chi connectivity index (χ1) is 19.7. The lowest BCUT2D eigenvalue weighted by atomic mass is 10.0. The van der Waals surface area contributed by atoms with Gasteiger partial charge in [0.15, 0.2) is 0 Å². The van der Waals surface area contributed by atoms with E-state index in [9.17, 15) is 9.59 Å². The van der Waals surface area contributed by atoms with Crippen LogP contribution in [0, 0.1) is 11.8 Å². The summed E-state index contributed by atoms with van der Waals surface area (Å²) in [4.78, 5) is 27.1. The highest BCUT2D eigenvalue weighted by atomic mass is 16.6. The van der Waals surface area contributed by atoms with E-state index in [1.54, 1.807) is 0 Å². The summed E-state index contributed by atoms with van der Waals surface area (Å²) in [6, 6.07) is 25.9. The fourth-order valence-electron chi connectivity index (χ4n) is 5.91. The van der Waals surface area contributed by atoms with E-state index >= 15 is 0 Å². The van der Waals surface area contributed by atoms with Crippen molar-refractivity contribution >= 4 is 17.7 Å². The summed E-state index contributed by atoms with van der Waals surface area (Å²) in [5.74, 6) is 1.58.